The zero-order chi connectivity index (χ0) is 12.3. The van der Waals surface area contributed by atoms with Crippen LogP contribution in [0, 0.1) is 5.92 Å². The molecule has 0 saturated carbocycles. The third-order valence-electron chi connectivity index (χ3n) is 3.08. The fourth-order valence-corrected chi connectivity index (χ4v) is 1.98. The second-order valence-electron chi connectivity index (χ2n) is 4.35. The molecule has 1 aliphatic rings. The minimum Gasteiger partial charge on any atom is -0.382 e. The lowest BCUT2D eigenvalue weighted by molar-refractivity contribution is 0.0995. The molecule has 0 radical (unpaired) electrons. The Kier molecular flexibility index (Phi) is 3.58. The Morgan fingerprint density at radius 1 is 1.71 bits per heavy atom. The van der Waals surface area contributed by atoms with Crippen LogP contribution in [0.25, 0.3) is 0 Å². The van der Waals surface area contributed by atoms with Gasteiger partial charge in [-0.15, -0.1) is 0 Å². The normalized spacial score (nSPS) is 21.1. The molecule has 0 bridgehead atoms. The Hall–Kier alpha value is -1.62. The summed E-state index contributed by atoms with van der Waals surface area (Å²) in [7, 11) is 0. The number of anilines is 1. The number of hydrogen-bond donors (Lipinski definition) is 2. The second-order valence-corrected chi connectivity index (χ2v) is 4.35. The molecule has 5 heteroatoms. The standard InChI is InChI=1S/C12H17N3O2/c1-8(9-3-5-17-7-9)15-10-2-4-14-11(6-10)12(13)16/h2,4,6,8-9H,3,5,7H2,1H3,(H2,13,16)(H,14,15). The van der Waals surface area contributed by atoms with E-state index in [9.17, 15) is 4.79 Å². The molecule has 1 saturated heterocycles. The van der Waals surface area contributed by atoms with E-state index in [0.717, 1.165) is 25.3 Å². The molecule has 1 fully saturated rings. The average molecular weight is 235 g/mol. The van der Waals surface area contributed by atoms with E-state index in [1.54, 1.807) is 12.3 Å². The van der Waals surface area contributed by atoms with Gasteiger partial charge in [0.2, 0.25) is 0 Å². The quantitative estimate of drug-likeness (QED) is 0.816. The maximum atomic E-state index is 11.0. The predicted octanol–water partition coefficient (Wildman–Crippen LogP) is 1.02. The average Bonchev–Trinajstić information content (AvgIpc) is 2.82. The van der Waals surface area contributed by atoms with E-state index >= 15 is 0 Å². The van der Waals surface area contributed by atoms with Crippen LogP contribution in [-0.2, 0) is 4.74 Å². The summed E-state index contributed by atoms with van der Waals surface area (Å²) in [6, 6.07) is 3.81. The number of nitrogens with zero attached hydrogens (tertiary/aromatic N) is 1. The number of carbonyl (C=O) groups excluding carboxylic acids is 1. The maximum absolute atomic E-state index is 11.0. The summed E-state index contributed by atoms with van der Waals surface area (Å²) in [6.45, 7) is 3.74. The lowest BCUT2D eigenvalue weighted by atomic mass is 10.0. The van der Waals surface area contributed by atoms with Gasteiger partial charge in [0.05, 0.1) is 6.61 Å². The lowest BCUT2D eigenvalue weighted by Gasteiger charge is -2.20. The minimum atomic E-state index is -0.509. The fourth-order valence-electron chi connectivity index (χ4n) is 1.98. The van der Waals surface area contributed by atoms with Crippen molar-refractivity contribution in [2.24, 2.45) is 11.7 Å². The smallest absolute Gasteiger partial charge is 0.267 e. The number of aromatic nitrogens is 1. The Bertz CT molecular complexity index is 402. The predicted molar refractivity (Wildman–Crippen MR) is 64.8 cm³/mol. The molecule has 0 spiro atoms. The third-order valence-corrected chi connectivity index (χ3v) is 3.08. The Balaban J connectivity index is 2.02. The van der Waals surface area contributed by atoms with Crippen molar-refractivity contribution in [1.29, 1.82) is 0 Å². The van der Waals surface area contributed by atoms with Crippen molar-refractivity contribution in [3.63, 3.8) is 0 Å². The molecule has 2 unspecified atom stereocenters. The maximum Gasteiger partial charge on any atom is 0.267 e. The van der Waals surface area contributed by atoms with Crippen LogP contribution >= 0.6 is 0 Å². The first-order valence-corrected chi connectivity index (χ1v) is 5.77. The second kappa shape index (κ2) is 5.14. The first-order chi connectivity index (χ1) is 8.16. The van der Waals surface area contributed by atoms with Gasteiger partial charge >= 0.3 is 0 Å². The summed E-state index contributed by atoms with van der Waals surface area (Å²) in [5.41, 5.74) is 6.34. The summed E-state index contributed by atoms with van der Waals surface area (Å²) in [5.74, 6) is 0.00527. The molecule has 2 heterocycles. The highest BCUT2D eigenvalue weighted by molar-refractivity contribution is 5.91. The van der Waals surface area contributed by atoms with Crippen LogP contribution in [0.1, 0.15) is 23.8 Å². The van der Waals surface area contributed by atoms with Gasteiger partial charge in [0, 0.05) is 30.5 Å². The van der Waals surface area contributed by atoms with Crippen molar-refractivity contribution >= 4 is 11.6 Å². The van der Waals surface area contributed by atoms with Crippen molar-refractivity contribution in [2.75, 3.05) is 18.5 Å². The van der Waals surface area contributed by atoms with Crippen LogP contribution < -0.4 is 11.1 Å². The number of pyridine rings is 1. The van der Waals surface area contributed by atoms with Gasteiger partial charge in [-0.3, -0.25) is 9.78 Å². The molecule has 1 aromatic rings. The largest absolute Gasteiger partial charge is 0.382 e. The van der Waals surface area contributed by atoms with Gasteiger partial charge in [-0.2, -0.15) is 0 Å². The Morgan fingerprint density at radius 2 is 2.53 bits per heavy atom. The lowest BCUT2D eigenvalue weighted by Crippen LogP contribution is -2.26. The molecule has 0 aromatic carbocycles. The minimum absolute atomic E-state index is 0.282. The van der Waals surface area contributed by atoms with Crippen LogP contribution in [0.5, 0.6) is 0 Å². The molecule has 2 atom stereocenters. The van der Waals surface area contributed by atoms with Gasteiger partial charge in [0.1, 0.15) is 5.69 Å². The van der Waals surface area contributed by atoms with Crippen LogP contribution in [0.15, 0.2) is 18.3 Å². The number of amides is 1. The molecule has 3 N–H and O–H groups in total. The molecule has 92 valence electrons. The van der Waals surface area contributed by atoms with Crippen molar-refractivity contribution in [3.05, 3.63) is 24.0 Å². The van der Waals surface area contributed by atoms with E-state index in [-0.39, 0.29) is 5.69 Å². The van der Waals surface area contributed by atoms with Crippen LogP contribution in [0.4, 0.5) is 5.69 Å². The van der Waals surface area contributed by atoms with Gasteiger partial charge in [-0.25, -0.2) is 0 Å². The first-order valence-electron chi connectivity index (χ1n) is 5.77. The number of hydrogen-bond acceptors (Lipinski definition) is 4. The van der Waals surface area contributed by atoms with E-state index < -0.39 is 5.91 Å². The molecular weight excluding hydrogens is 218 g/mol. The summed E-state index contributed by atoms with van der Waals surface area (Å²) >= 11 is 0. The molecule has 1 amide bonds. The third kappa shape index (κ3) is 2.94. The number of ether oxygens (including phenoxy) is 1. The number of rotatable bonds is 4. The molecule has 1 aromatic heterocycles. The van der Waals surface area contributed by atoms with E-state index in [1.807, 2.05) is 6.07 Å². The Morgan fingerprint density at radius 3 is 3.18 bits per heavy atom. The summed E-state index contributed by atoms with van der Waals surface area (Å²) in [6.07, 6.45) is 2.65. The van der Waals surface area contributed by atoms with Crippen molar-refractivity contribution < 1.29 is 9.53 Å². The summed E-state index contributed by atoms with van der Waals surface area (Å²) < 4.78 is 5.35. The SMILES string of the molecule is CC(Nc1ccnc(C(N)=O)c1)C1CCOC1. The van der Waals surface area contributed by atoms with Crippen LogP contribution in [-0.4, -0.2) is 30.1 Å². The zero-order valence-electron chi connectivity index (χ0n) is 9.85. The highest BCUT2D eigenvalue weighted by Gasteiger charge is 2.22. The van der Waals surface area contributed by atoms with Crippen molar-refractivity contribution in [3.8, 4) is 0 Å². The van der Waals surface area contributed by atoms with E-state index in [1.165, 1.54) is 0 Å². The van der Waals surface area contributed by atoms with Gasteiger partial charge in [-0.1, -0.05) is 0 Å². The topological polar surface area (TPSA) is 77.2 Å². The highest BCUT2D eigenvalue weighted by Crippen LogP contribution is 2.20. The molecule has 5 nitrogen and oxygen atoms in total. The first kappa shape index (κ1) is 11.9. The van der Waals surface area contributed by atoms with Gasteiger partial charge in [-0.05, 0) is 25.5 Å². The van der Waals surface area contributed by atoms with E-state index in [4.69, 9.17) is 10.5 Å². The van der Waals surface area contributed by atoms with E-state index in [0.29, 0.717) is 12.0 Å². The number of nitrogens with two attached hydrogens (primary N) is 1. The van der Waals surface area contributed by atoms with Gasteiger partial charge < -0.3 is 15.8 Å². The monoisotopic (exact) mass is 235 g/mol. The zero-order valence-corrected chi connectivity index (χ0v) is 9.85. The molecular formula is C12H17N3O2. The van der Waals surface area contributed by atoms with Crippen molar-refractivity contribution in [2.45, 2.75) is 19.4 Å². The van der Waals surface area contributed by atoms with Crippen LogP contribution in [0.2, 0.25) is 0 Å². The molecule has 2 rings (SSSR count). The summed E-state index contributed by atoms with van der Waals surface area (Å²) in [4.78, 5) is 14.9. The van der Waals surface area contributed by atoms with Gasteiger partial charge in [0.15, 0.2) is 0 Å². The van der Waals surface area contributed by atoms with E-state index in [2.05, 4.69) is 17.2 Å². The highest BCUT2D eigenvalue weighted by atomic mass is 16.5. The van der Waals surface area contributed by atoms with Gasteiger partial charge in [0.25, 0.3) is 5.91 Å². The molecule has 1 aliphatic heterocycles. The van der Waals surface area contributed by atoms with Crippen LogP contribution in [0.3, 0.4) is 0 Å². The Labute approximate surface area is 100 Å². The number of primary amides is 1. The molecule has 0 aliphatic carbocycles. The number of nitrogens with one attached hydrogen (secondary N) is 1. The summed E-state index contributed by atoms with van der Waals surface area (Å²) in [5, 5.41) is 3.35. The number of carbonyl (C=O) groups is 1. The van der Waals surface area contributed by atoms with Crippen molar-refractivity contribution in [1.82, 2.24) is 4.98 Å². The molecule has 17 heavy (non-hydrogen) atoms. The fraction of sp³-hybridized carbons (Fsp3) is 0.500.